The van der Waals surface area contributed by atoms with Crippen LogP contribution in [0.3, 0.4) is 0 Å². The quantitative estimate of drug-likeness (QED) is 0.522. The molecule has 2 nitrogen and oxygen atoms in total. The van der Waals surface area contributed by atoms with Crippen molar-refractivity contribution in [2.24, 2.45) is 23.7 Å². The Morgan fingerprint density at radius 1 is 0.923 bits per heavy atom. The third kappa shape index (κ3) is 0.835. The van der Waals surface area contributed by atoms with Crippen LogP contribution < -0.4 is 0 Å². The monoisotopic (exact) mass is 176 g/mol. The first-order chi connectivity index (χ1) is 6.27. The van der Waals surface area contributed by atoms with Crippen molar-refractivity contribution in [3.05, 3.63) is 12.2 Å². The molecule has 2 saturated carbocycles. The molecule has 0 spiro atoms. The van der Waals surface area contributed by atoms with E-state index in [-0.39, 0.29) is 11.8 Å². The van der Waals surface area contributed by atoms with Gasteiger partial charge in [-0.25, -0.2) is 0 Å². The Labute approximate surface area is 77.0 Å². The number of fused-ring (bicyclic) bond motifs is 5. The van der Waals surface area contributed by atoms with Crippen LogP contribution in [0.4, 0.5) is 0 Å². The third-order valence-electron chi connectivity index (χ3n) is 3.82. The van der Waals surface area contributed by atoms with Gasteiger partial charge in [0.05, 0.1) is 0 Å². The van der Waals surface area contributed by atoms with E-state index in [1.54, 1.807) is 0 Å². The fourth-order valence-corrected chi connectivity index (χ4v) is 3.28. The molecular weight excluding hydrogens is 164 g/mol. The molecule has 0 radical (unpaired) electrons. The minimum atomic E-state index is 0.0660. The van der Waals surface area contributed by atoms with Gasteiger partial charge < -0.3 is 0 Å². The fourth-order valence-electron chi connectivity index (χ4n) is 3.28. The molecule has 0 saturated heterocycles. The van der Waals surface area contributed by atoms with Gasteiger partial charge in [0, 0.05) is 24.7 Å². The maximum Gasteiger partial charge on any atom is 0.137 e. The number of carbonyl (C=O) groups is 2. The van der Waals surface area contributed by atoms with Crippen molar-refractivity contribution in [3.63, 3.8) is 0 Å². The van der Waals surface area contributed by atoms with E-state index in [2.05, 4.69) is 12.2 Å². The third-order valence-corrected chi connectivity index (χ3v) is 3.82. The zero-order valence-electron chi connectivity index (χ0n) is 7.40. The van der Waals surface area contributed by atoms with E-state index in [9.17, 15) is 9.59 Å². The highest BCUT2D eigenvalue weighted by Crippen LogP contribution is 2.51. The molecule has 4 atom stereocenters. The van der Waals surface area contributed by atoms with E-state index in [4.69, 9.17) is 0 Å². The maximum atomic E-state index is 11.6. The second kappa shape index (κ2) is 2.31. The van der Waals surface area contributed by atoms with Crippen LogP contribution in [0.25, 0.3) is 0 Å². The Kier molecular flexibility index (Phi) is 1.33. The predicted octanol–water partition coefficient (Wildman–Crippen LogP) is 1.36. The summed E-state index contributed by atoms with van der Waals surface area (Å²) in [4.78, 5) is 23.3. The van der Waals surface area contributed by atoms with Crippen molar-refractivity contribution < 1.29 is 9.59 Å². The lowest BCUT2D eigenvalue weighted by Crippen LogP contribution is -2.37. The Morgan fingerprint density at radius 3 is 1.85 bits per heavy atom. The first kappa shape index (κ1) is 7.48. The average Bonchev–Trinajstić information content (AvgIpc) is 2.70. The predicted molar refractivity (Wildman–Crippen MR) is 47.0 cm³/mol. The Balaban J connectivity index is 2.03. The summed E-state index contributed by atoms with van der Waals surface area (Å²) in [7, 11) is 0. The van der Waals surface area contributed by atoms with Crippen LogP contribution in [0.15, 0.2) is 12.2 Å². The first-order valence-electron chi connectivity index (χ1n) is 5.01. The number of rotatable bonds is 0. The Morgan fingerprint density at radius 2 is 1.38 bits per heavy atom. The van der Waals surface area contributed by atoms with Crippen molar-refractivity contribution in [1.82, 2.24) is 0 Å². The van der Waals surface area contributed by atoms with Crippen LogP contribution in [0, 0.1) is 23.7 Å². The van der Waals surface area contributed by atoms with Crippen LogP contribution in [0.1, 0.15) is 19.3 Å². The van der Waals surface area contributed by atoms with Gasteiger partial charge in [0.15, 0.2) is 0 Å². The molecule has 2 bridgehead atoms. The van der Waals surface area contributed by atoms with Gasteiger partial charge in [-0.15, -0.1) is 0 Å². The lowest BCUT2D eigenvalue weighted by molar-refractivity contribution is -0.138. The van der Waals surface area contributed by atoms with Crippen LogP contribution >= 0.6 is 0 Å². The SMILES string of the molecule is O=C1CCC(=O)[C@H]2[C@@H]1[C@H]1C=C[C@H]2C1. The minimum absolute atomic E-state index is 0.0660. The summed E-state index contributed by atoms with van der Waals surface area (Å²) in [6.07, 6.45) is 6.33. The molecule has 13 heavy (non-hydrogen) atoms. The average molecular weight is 176 g/mol. The topological polar surface area (TPSA) is 34.1 Å². The van der Waals surface area contributed by atoms with Gasteiger partial charge >= 0.3 is 0 Å². The summed E-state index contributed by atoms with van der Waals surface area (Å²) in [5.41, 5.74) is 0. The standard InChI is InChI=1S/C11H12O2/c12-8-3-4-9(13)11-7-2-1-6(5-7)10(8)11/h1-2,6-7,10-11H,3-5H2/t6-,7-,10-,11+/m0/s1. The minimum Gasteiger partial charge on any atom is -0.299 e. The van der Waals surface area contributed by atoms with E-state index in [1.807, 2.05) is 0 Å². The number of carbonyl (C=O) groups excluding carboxylic acids is 2. The second-order valence-electron chi connectivity index (χ2n) is 4.43. The molecule has 2 heteroatoms. The smallest absolute Gasteiger partial charge is 0.137 e. The fraction of sp³-hybridized carbons (Fsp3) is 0.636. The molecule has 0 aromatic carbocycles. The molecule has 0 aliphatic heterocycles. The van der Waals surface area contributed by atoms with Crippen molar-refractivity contribution >= 4 is 11.6 Å². The molecule has 2 fully saturated rings. The number of Topliss-reactive ketones (excluding diaryl/α,β-unsaturated/α-hetero) is 2. The largest absolute Gasteiger partial charge is 0.299 e. The highest BCUT2D eigenvalue weighted by molar-refractivity contribution is 5.97. The summed E-state index contributed by atoms with van der Waals surface area (Å²) in [6.45, 7) is 0. The van der Waals surface area contributed by atoms with Gasteiger partial charge in [-0.3, -0.25) is 9.59 Å². The van der Waals surface area contributed by atoms with E-state index in [0.717, 1.165) is 6.42 Å². The van der Waals surface area contributed by atoms with E-state index >= 15 is 0 Å². The van der Waals surface area contributed by atoms with E-state index in [0.29, 0.717) is 36.2 Å². The van der Waals surface area contributed by atoms with Crippen LogP contribution in [0.5, 0.6) is 0 Å². The molecule has 0 aromatic rings. The molecule has 3 rings (SSSR count). The summed E-state index contributed by atoms with van der Waals surface area (Å²) in [5, 5.41) is 0. The molecular formula is C11H12O2. The molecule has 0 unspecified atom stereocenters. The van der Waals surface area contributed by atoms with E-state index in [1.165, 1.54) is 0 Å². The second-order valence-corrected chi connectivity index (χ2v) is 4.43. The van der Waals surface area contributed by atoms with Gasteiger partial charge in [0.2, 0.25) is 0 Å². The molecule has 0 N–H and O–H groups in total. The van der Waals surface area contributed by atoms with Gasteiger partial charge in [0.25, 0.3) is 0 Å². The highest BCUT2D eigenvalue weighted by atomic mass is 16.1. The lowest BCUT2D eigenvalue weighted by Gasteiger charge is -2.29. The van der Waals surface area contributed by atoms with Gasteiger partial charge in [-0.2, -0.15) is 0 Å². The van der Waals surface area contributed by atoms with Gasteiger partial charge in [0.1, 0.15) is 11.6 Å². The van der Waals surface area contributed by atoms with Crippen molar-refractivity contribution in [3.8, 4) is 0 Å². The number of allylic oxidation sites excluding steroid dienone is 2. The summed E-state index contributed by atoms with van der Waals surface area (Å²) >= 11 is 0. The zero-order chi connectivity index (χ0) is 9.00. The summed E-state index contributed by atoms with van der Waals surface area (Å²) in [5.74, 6) is 1.59. The summed E-state index contributed by atoms with van der Waals surface area (Å²) < 4.78 is 0. The van der Waals surface area contributed by atoms with Crippen molar-refractivity contribution in [1.29, 1.82) is 0 Å². The maximum absolute atomic E-state index is 11.6. The van der Waals surface area contributed by atoms with Gasteiger partial charge in [-0.05, 0) is 18.3 Å². The lowest BCUT2D eigenvalue weighted by atomic mass is 9.72. The van der Waals surface area contributed by atoms with Crippen LogP contribution in [-0.2, 0) is 9.59 Å². The Bertz CT molecular complexity index is 286. The van der Waals surface area contributed by atoms with Gasteiger partial charge in [-0.1, -0.05) is 12.2 Å². The zero-order valence-corrected chi connectivity index (χ0v) is 7.40. The van der Waals surface area contributed by atoms with Crippen LogP contribution in [-0.4, -0.2) is 11.6 Å². The van der Waals surface area contributed by atoms with Crippen LogP contribution in [0.2, 0.25) is 0 Å². The normalized spacial score (nSPS) is 47.1. The molecule has 0 aromatic heterocycles. The molecule has 0 amide bonds. The number of hydrogen-bond acceptors (Lipinski definition) is 2. The molecule has 3 aliphatic rings. The summed E-state index contributed by atoms with van der Waals surface area (Å²) in [6, 6.07) is 0. The van der Waals surface area contributed by atoms with Crippen molar-refractivity contribution in [2.45, 2.75) is 19.3 Å². The van der Waals surface area contributed by atoms with E-state index < -0.39 is 0 Å². The molecule has 0 heterocycles. The number of hydrogen-bond donors (Lipinski definition) is 0. The number of ketones is 2. The molecule has 3 aliphatic carbocycles. The van der Waals surface area contributed by atoms with Crippen molar-refractivity contribution in [2.75, 3.05) is 0 Å². The highest BCUT2D eigenvalue weighted by Gasteiger charge is 2.52. The first-order valence-corrected chi connectivity index (χ1v) is 5.01. The molecule has 68 valence electrons. The Hall–Kier alpha value is -0.920.